The number of aryl methyl sites for hydroxylation is 2. The maximum absolute atomic E-state index is 12.6. The van der Waals surface area contributed by atoms with Gasteiger partial charge in [0.25, 0.3) is 5.56 Å². The predicted molar refractivity (Wildman–Crippen MR) is 80.2 cm³/mol. The molecule has 0 aliphatic heterocycles. The molecule has 4 nitrogen and oxygen atoms in total. The molecule has 1 heterocycles. The third kappa shape index (κ3) is 2.65. The van der Waals surface area contributed by atoms with Gasteiger partial charge in [-0.3, -0.25) is 4.79 Å². The summed E-state index contributed by atoms with van der Waals surface area (Å²) in [4.78, 5) is 15.0. The lowest BCUT2D eigenvalue weighted by molar-refractivity contribution is 0.594. The molecule has 0 spiro atoms. The van der Waals surface area contributed by atoms with Gasteiger partial charge in [-0.1, -0.05) is 24.6 Å². The van der Waals surface area contributed by atoms with Crippen LogP contribution in [0.5, 0.6) is 0 Å². The second-order valence-corrected chi connectivity index (χ2v) is 7.26. The van der Waals surface area contributed by atoms with E-state index in [1.807, 2.05) is 0 Å². The minimum atomic E-state index is -3.76. The normalized spacial score (nSPS) is 15.2. The van der Waals surface area contributed by atoms with Gasteiger partial charge in [-0.05, 0) is 49.4 Å². The van der Waals surface area contributed by atoms with Crippen LogP contribution in [0.3, 0.4) is 0 Å². The fourth-order valence-electron chi connectivity index (χ4n) is 2.76. The maximum atomic E-state index is 12.6. The SMILES string of the molecule is O=c1[nH]c2c(cc1S(=O)(=O)c1ccccc1)CCCCC2. The van der Waals surface area contributed by atoms with Crippen LogP contribution < -0.4 is 5.56 Å². The lowest BCUT2D eigenvalue weighted by Crippen LogP contribution is -2.20. The summed E-state index contributed by atoms with van der Waals surface area (Å²) < 4.78 is 25.2. The summed E-state index contributed by atoms with van der Waals surface area (Å²) in [6, 6.07) is 9.66. The molecule has 0 bridgehead atoms. The van der Waals surface area contributed by atoms with E-state index < -0.39 is 15.4 Å². The zero-order valence-corrected chi connectivity index (χ0v) is 12.4. The van der Waals surface area contributed by atoms with Gasteiger partial charge in [0, 0.05) is 5.69 Å². The van der Waals surface area contributed by atoms with E-state index >= 15 is 0 Å². The van der Waals surface area contributed by atoms with E-state index in [0.717, 1.165) is 43.4 Å². The highest BCUT2D eigenvalue weighted by molar-refractivity contribution is 7.91. The largest absolute Gasteiger partial charge is 0.325 e. The Morgan fingerprint density at radius 3 is 2.43 bits per heavy atom. The summed E-state index contributed by atoms with van der Waals surface area (Å²) in [5.41, 5.74) is 1.34. The Morgan fingerprint density at radius 2 is 1.67 bits per heavy atom. The predicted octanol–water partition coefficient (Wildman–Crippen LogP) is 2.48. The van der Waals surface area contributed by atoms with Gasteiger partial charge in [-0.2, -0.15) is 0 Å². The number of aromatic amines is 1. The lowest BCUT2D eigenvalue weighted by Gasteiger charge is -2.09. The second kappa shape index (κ2) is 5.48. The first-order chi connectivity index (χ1) is 10.1. The van der Waals surface area contributed by atoms with Crippen molar-refractivity contribution in [2.45, 2.75) is 41.9 Å². The number of pyridine rings is 1. The number of nitrogens with one attached hydrogen (secondary N) is 1. The van der Waals surface area contributed by atoms with Crippen LogP contribution in [0.15, 0.2) is 51.0 Å². The van der Waals surface area contributed by atoms with Gasteiger partial charge in [0.15, 0.2) is 0 Å². The minimum Gasteiger partial charge on any atom is -0.325 e. The number of hydrogen-bond donors (Lipinski definition) is 1. The highest BCUT2D eigenvalue weighted by Gasteiger charge is 2.23. The zero-order chi connectivity index (χ0) is 14.9. The number of benzene rings is 1. The van der Waals surface area contributed by atoms with Crippen LogP contribution in [0, 0.1) is 0 Å². The van der Waals surface area contributed by atoms with Gasteiger partial charge < -0.3 is 4.98 Å². The molecule has 0 saturated heterocycles. The van der Waals surface area contributed by atoms with Crippen molar-refractivity contribution >= 4 is 9.84 Å². The topological polar surface area (TPSA) is 67.0 Å². The molecule has 0 atom stereocenters. The first-order valence-corrected chi connectivity index (χ1v) is 8.62. The molecule has 2 aromatic rings. The van der Waals surface area contributed by atoms with E-state index in [1.54, 1.807) is 24.3 Å². The van der Waals surface area contributed by atoms with E-state index in [1.165, 1.54) is 12.1 Å². The summed E-state index contributed by atoms with van der Waals surface area (Å²) in [5.74, 6) is 0. The summed E-state index contributed by atoms with van der Waals surface area (Å²) in [6.07, 6.45) is 4.81. The molecule has 1 aliphatic carbocycles. The number of fused-ring (bicyclic) bond motifs is 1. The molecule has 3 rings (SSSR count). The van der Waals surface area contributed by atoms with Crippen LogP contribution in [0.25, 0.3) is 0 Å². The summed E-state index contributed by atoms with van der Waals surface area (Å²) >= 11 is 0. The van der Waals surface area contributed by atoms with E-state index in [9.17, 15) is 13.2 Å². The van der Waals surface area contributed by atoms with Crippen LogP contribution in [-0.2, 0) is 22.7 Å². The smallest absolute Gasteiger partial charge is 0.267 e. The molecule has 1 aliphatic rings. The second-order valence-electron chi connectivity index (χ2n) is 5.34. The fraction of sp³-hybridized carbons (Fsp3) is 0.312. The van der Waals surface area contributed by atoms with Crippen LogP contribution in [-0.4, -0.2) is 13.4 Å². The molecule has 0 saturated carbocycles. The maximum Gasteiger partial charge on any atom is 0.267 e. The summed E-state index contributed by atoms with van der Waals surface area (Å²) in [6.45, 7) is 0. The van der Waals surface area contributed by atoms with Crippen LogP contribution in [0.1, 0.15) is 30.5 Å². The van der Waals surface area contributed by atoms with Gasteiger partial charge in [0.2, 0.25) is 9.84 Å². The van der Waals surface area contributed by atoms with Crippen molar-refractivity contribution in [2.75, 3.05) is 0 Å². The molecule has 21 heavy (non-hydrogen) atoms. The van der Waals surface area contributed by atoms with Gasteiger partial charge >= 0.3 is 0 Å². The molecule has 1 aromatic carbocycles. The van der Waals surface area contributed by atoms with Crippen LogP contribution in [0.4, 0.5) is 0 Å². The monoisotopic (exact) mass is 303 g/mol. The molecule has 5 heteroatoms. The van der Waals surface area contributed by atoms with Gasteiger partial charge in [0.1, 0.15) is 4.90 Å². The Labute approximate surface area is 123 Å². The number of aromatic nitrogens is 1. The standard InChI is InChI=1S/C16H17NO3S/c18-16-15(21(19,20)13-8-4-2-5-9-13)11-12-7-3-1-6-10-14(12)17-16/h2,4-5,8-9,11H,1,3,6-7,10H2,(H,17,18). The van der Waals surface area contributed by atoms with Crippen molar-refractivity contribution in [1.29, 1.82) is 0 Å². The van der Waals surface area contributed by atoms with E-state index in [0.29, 0.717) is 0 Å². The van der Waals surface area contributed by atoms with E-state index in [-0.39, 0.29) is 9.79 Å². The number of H-pyrrole nitrogens is 1. The minimum absolute atomic E-state index is 0.144. The summed E-state index contributed by atoms with van der Waals surface area (Å²) in [7, 11) is -3.76. The molecule has 1 aromatic heterocycles. The van der Waals surface area contributed by atoms with Crippen molar-refractivity contribution in [2.24, 2.45) is 0 Å². The van der Waals surface area contributed by atoms with Crippen LogP contribution in [0.2, 0.25) is 0 Å². The number of rotatable bonds is 2. The number of hydrogen-bond acceptors (Lipinski definition) is 3. The van der Waals surface area contributed by atoms with Gasteiger partial charge in [-0.15, -0.1) is 0 Å². The Kier molecular flexibility index (Phi) is 3.68. The molecule has 0 amide bonds. The molecule has 0 unspecified atom stereocenters. The molecule has 0 radical (unpaired) electrons. The van der Waals surface area contributed by atoms with E-state index in [4.69, 9.17) is 0 Å². The fourth-order valence-corrected chi connectivity index (χ4v) is 4.12. The van der Waals surface area contributed by atoms with Gasteiger partial charge in [0.05, 0.1) is 4.90 Å². The molecule has 1 N–H and O–H groups in total. The van der Waals surface area contributed by atoms with Crippen LogP contribution >= 0.6 is 0 Å². The van der Waals surface area contributed by atoms with Crippen molar-refractivity contribution in [1.82, 2.24) is 4.98 Å². The third-order valence-corrected chi connectivity index (χ3v) is 5.67. The highest BCUT2D eigenvalue weighted by Crippen LogP contribution is 2.23. The zero-order valence-electron chi connectivity index (χ0n) is 11.6. The average molecular weight is 303 g/mol. The molecule has 110 valence electrons. The van der Waals surface area contributed by atoms with Crippen molar-refractivity contribution in [3.05, 3.63) is 58.0 Å². The van der Waals surface area contributed by atoms with Crippen molar-refractivity contribution in [3.63, 3.8) is 0 Å². The van der Waals surface area contributed by atoms with Gasteiger partial charge in [-0.25, -0.2) is 8.42 Å². The molecular weight excluding hydrogens is 286 g/mol. The lowest BCUT2D eigenvalue weighted by atomic mass is 10.1. The highest BCUT2D eigenvalue weighted by atomic mass is 32.2. The first kappa shape index (κ1) is 14.1. The van der Waals surface area contributed by atoms with Crippen molar-refractivity contribution in [3.8, 4) is 0 Å². The first-order valence-electron chi connectivity index (χ1n) is 7.14. The third-order valence-electron chi connectivity index (χ3n) is 3.90. The Morgan fingerprint density at radius 1 is 0.952 bits per heavy atom. The summed E-state index contributed by atoms with van der Waals surface area (Å²) in [5, 5.41) is 0. The molecular formula is C16H17NO3S. The Balaban J connectivity index is 2.15. The Hall–Kier alpha value is -1.88. The molecule has 0 fully saturated rings. The quantitative estimate of drug-likeness (QED) is 0.867. The number of sulfone groups is 1. The average Bonchev–Trinajstić information content (AvgIpc) is 2.72. The Bertz CT molecular complexity index is 807. The van der Waals surface area contributed by atoms with E-state index in [2.05, 4.69) is 4.98 Å². The van der Waals surface area contributed by atoms with Crippen molar-refractivity contribution < 1.29 is 8.42 Å².